The number of rotatable bonds is 5. The van der Waals surface area contributed by atoms with Gasteiger partial charge in [0.1, 0.15) is 0 Å². The van der Waals surface area contributed by atoms with E-state index in [1.165, 1.54) is 16.4 Å². The average Bonchev–Trinajstić information content (AvgIpc) is 3.19. The molecule has 23 heavy (non-hydrogen) atoms. The topological polar surface area (TPSA) is 95.7 Å². The molecule has 0 aliphatic heterocycles. The molecular weight excluding hydrogens is 380 g/mol. The van der Waals surface area contributed by atoms with Gasteiger partial charge < -0.3 is 10.4 Å². The van der Waals surface area contributed by atoms with E-state index in [9.17, 15) is 0 Å². The van der Waals surface area contributed by atoms with Gasteiger partial charge in [0.2, 0.25) is 11.0 Å². The molecule has 9 heteroatoms. The molecule has 1 aromatic carbocycles. The van der Waals surface area contributed by atoms with Crippen LogP contribution in [0.2, 0.25) is 0 Å². The fraction of sp³-hybridized carbons (Fsp3) is 0.286. The second kappa shape index (κ2) is 5.97. The summed E-state index contributed by atoms with van der Waals surface area (Å²) in [6, 6.07) is 7.75. The highest BCUT2D eigenvalue weighted by Gasteiger charge is 2.29. The number of nitrogens with zero attached hydrogens (tertiary/aromatic N) is 5. The van der Waals surface area contributed by atoms with E-state index in [-0.39, 0.29) is 0 Å². The minimum atomic E-state index is 0.460. The molecule has 0 bridgehead atoms. The Balaban J connectivity index is 1.50. The van der Waals surface area contributed by atoms with E-state index in [4.69, 9.17) is 10.4 Å². The Morgan fingerprint density at radius 3 is 2.91 bits per heavy atom. The first-order valence-corrected chi connectivity index (χ1v) is 8.91. The SMILES string of the molecule is Nn1c(SCc2noc(C3CC3)n2)nnc1-c1ccccc1Br. The van der Waals surface area contributed by atoms with Gasteiger partial charge in [-0.15, -0.1) is 10.2 Å². The molecule has 1 fully saturated rings. The maximum atomic E-state index is 6.12. The van der Waals surface area contributed by atoms with Crippen LogP contribution in [0.5, 0.6) is 0 Å². The van der Waals surface area contributed by atoms with Gasteiger partial charge in [0.05, 0.1) is 5.75 Å². The van der Waals surface area contributed by atoms with E-state index < -0.39 is 0 Å². The number of halogens is 1. The van der Waals surface area contributed by atoms with Crippen molar-refractivity contribution in [3.05, 3.63) is 40.5 Å². The van der Waals surface area contributed by atoms with Crippen molar-refractivity contribution in [1.82, 2.24) is 25.0 Å². The van der Waals surface area contributed by atoms with E-state index in [0.29, 0.717) is 28.5 Å². The van der Waals surface area contributed by atoms with Crippen LogP contribution in [-0.4, -0.2) is 25.0 Å². The summed E-state index contributed by atoms with van der Waals surface area (Å²) in [6.45, 7) is 0. The predicted molar refractivity (Wildman–Crippen MR) is 89.1 cm³/mol. The molecule has 2 aromatic heterocycles. The van der Waals surface area contributed by atoms with Crippen LogP contribution < -0.4 is 5.84 Å². The maximum Gasteiger partial charge on any atom is 0.229 e. The number of hydrogen-bond acceptors (Lipinski definition) is 7. The first-order valence-electron chi connectivity index (χ1n) is 7.13. The molecule has 118 valence electrons. The summed E-state index contributed by atoms with van der Waals surface area (Å²) in [5.74, 6) is 9.12. The van der Waals surface area contributed by atoms with Crippen LogP contribution >= 0.6 is 27.7 Å². The molecule has 0 atom stereocenters. The number of nitrogens with two attached hydrogens (primary N) is 1. The Kier molecular flexibility index (Phi) is 3.82. The third kappa shape index (κ3) is 2.98. The van der Waals surface area contributed by atoms with Crippen LogP contribution in [0.4, 0.5) is 0 Å². The second-order valence-corrected chi connectivity index (χ2v) is 7.06. The van der Waals surface area contributed by atoms with E-state index >= 15 is 0 Å². The quantitative estimate of drug-likeness (QED) is 0.526. The Morgan fingerprint density at radius 2 is 2.13 bits per heavy atom. The highest BCUT2D eigenvalue weighted by atomic mass is 79.9. The maximum absolute atomic E-state index is 6.12. The van der Waals surface area contributed by atoms with Crippen LogP contribution in [-0.2, 0) is 5.75 Å². The van der Waals surface area contributed by atoms with Gasteiger partial charge in [-0.25, -0.2) is 4.68 Å². The molecule has 3 aromatic rings. The van der Waals surface area contributed by atoms with Crippen molar-refractivity contribution in [2.24, 2.45) is 0 Å². The zero-order chi connectivity index (χ0) is 15.8. The van der Waals surface area contributed by atoms with Gasteiger partial charge in [-0.2, -0.15) is 4.98 Å². The van der Waals surface area contributed by atoms with Crippen molar-refractivity contribution in [3.8, 4) is 11.4 Å². The lowest BCUT2D eigenvalue weighted by Crippen LogP contribution is -2.11. The summed E-state index contributed by atoms with van der Waals surface area (Å²) in [6.07, 6.45) is 2.28. The normalized spacial score (nSPS) is 14.3. The zero-order valence-corrected chi connectivity index (χ0v) is 14.4. The second-order valence-electron chi connectivity index (χ2n) is 5.27. The highest BCUT2D eigenvalue weighted by molar-refractivity contribution is 9.10. The molecule has 0 saturated heterocycles. The van der Waals surface area contributed by atoms with E-state index in [1.807, 2.05) is 24.3 Å². The summed E-state index contributed by atoms with van der Waals surface area (Å²) in [7, 11) is 0. The predicted octanol–water partition coefficient (Wildman–Crippen LogP) is 2.97. The van der Waals surface area contributed by atoms with E-state index in [1.54, 1.807) is 0 Å². The van der Waals surface area contributed by atoms with E-state index in [0.717, 1.165) is 28.8 Å². The molecule has 0 spiro atoms. The molecule has 0 unspecified atom stereocenters. The van der Waals surface area contributed by atoms with Crippen molar-refractivity contribution in [2.75, 3.05) is 5.84 Å². The van der Waals surface area contributed by atoms with Crippen LogP contribution in [0, 0.1) is 0 Å². The van der Waals surface area contributed by atoms with Crippen LogP contribution in [0.25, 0.3) is 11.4 Å². The largest absolute Gasteiger partial charge is 0.339 e. The number of aromatic nitrogens is 5. The van der Waals surface area contributed by atoms with Crippen molar-refractivity contribution >= 4 is 27.7 Å². The summed E-state index contributed by atoms with van der Waals surface area (Å²) < 4.78 is 7.64. The van der Waals surface area contributed by atoms with Gasteiger partial charge in [0, 0.05) is 16.0 Å². The smallest absolute Gasteiger partial charge is 0.229 e. The number of thioether (sulfide) groups is 1. The first kappa shape index (κ1) is 14.7. The zero-order valence-electron chi connectivity index (χ0n) is 12.0. The summed E-state index contributed by atoms with van der Waals surface area (Å²) in [4.78, 5) is 4.39. The van der Waals surface area contributed by atoms with Crippen molar-refractivity contribution in [3.63, 3.8) is 0 Å². The lowest BCUT2D eigenvalue weighted by atomic mass is 10.2. The molecule has 2 heterocycles. The Morgan fingerprint density at radius 1 is 1.30 bits per heavy atom. The van der Waals surface area contributed by atoms with Crippen LogP contribution in [0.3, 0.4) is 0 Å². The molecule has 1 saturated carbocycles. The van der Waals surface area contributed by atoms with Crippen molar-refractivity contribution in [2.45, 2.75) is 29.7 Å². The third-order valence-electron chi connectivity index (χ3n) is 3.52. The molecule has 1 aliphatic carbocycles. The standard InChI is InChI=1S/C14H13BrN6OS/c15-10-4-2-1-3-9(10)12-18-19-14(21(12)16)23-7-11-17-13(22-20-11)8-5-6-8/h1-4,8H,5-7,16H2. The van der Waals surface area contributed by atoms with Gasteiger partial charge in [-0.05, 0) is 25.0 Å². The minimum Gasteiger partial charge on any atom is -0.339 e. The molecule has 7 nitrogen and oxygen atoms in total. The fourth-order valence-electron chi connectivity index (χ4n) is 2.15. The Bertz CT molecular complexity index is 843. The Hall–Kier alpha value is -1.87. The molecule has 0 radical (unpaired) electrons. The number of nitrogen functional groups attached to an aromatic ring is 1. The van der Waals surface area contributed by atoms with Gasteiger partial charge in [-0.1, -0.05) is 45.0 Å². The minimum absolute atomic E-state index is 0.460. The van der Waals surface area contributed by atoms with Crippen molar-refractivity contribution in [1.29, 1.82) is 0 Å². The summed E-state index contributed by atoms with van der Waals surface area (Å²) >= 11 is 4.93. The molecule has 1 aliphatic rings. The lowest BCUT2D eigenvalue weighted by molar-refractivity contribution is 0.375. The number of hydrogen-bond donors (Lipinski definition) is 1. The van der Waals surface area contributed by atoms with Gasteiger partial charge in [-0.3, -0.25) is 0 Å². The fourth-order valence-corrected chi connectivity index (χ4v) is 3.31. The van der Waals surface area contributed by atoms with E-state index in [2.05, 4.69) is 36.3 Å². The van der Waals surface area contributed by atoms with Gasteiger partial charge in [0.15, 0.2) is 11.6 Å². The van der Waals surface area contributed by atoms with Crippen LogP contribution in [0.15, 0.2) is 38.4 Å². The van der Waals surface area contributed by atoms with Gasteiger partial charge in [0.25, 0.3) is 0 Å². The number of benzene rings is 1. The highest BCUT2D eigenvalue weighted by Crippen LogP contribution is 2.39. The third-order valence-corrected chi connectivity index (χ3v) is 5.15. The summed E-state index contributed by atoms with van der Waals surface area (Å²) in [5.41, 5.74) is 0.893. The van der Waals surface area contributed by atoms with Gasteiger partial charge >= 0.3 is 0 Å². The van der Waals surface area contributed by atoms with Crippen molar-refractivity contribution < 1.29 is 4.52 Å². The monoisotopic (exact) mass is 392 g/mol. The summed E-state index contributed by atoms with van der Waals surface area (Å²) in [5, 5.41) is 12.9. The first-order chi connectivity index (χ1) is 11.2. The molecule has 2 N–H and O–H groups in total. The lowest BCUT2D eigenvalue weighted by Gasteiger charge is -2.04. The Labute approximate surface area is 144 Å². The molecule has 4 rings (SSSR count). The molecule has 0 amide bonds. The average molecular weight is 393 g/mol. The molecular formula is C14H13BrN6OS. The van der Waals surface area contributed by atoms with Crippen LogP contribution in [0.1, 0.15) is 30.5 Å².